The van der Waals surface area contributed by atoms with Gasteiger partial charge in [-0.25, -0.2) is 4.98 Å². The summed E-state index contributed by atoms with van der Waals surface area (Å²) in [6.45, 7) is 7.87. The number of nitrogens with zero attached hydrogens (tertiary/aromatic N) is 3. The second-order valence-corrected chi connectivity index (χ2v) is 7.89. The maximum Gasteiger partial charge on any atom is 0.251 e. The Bertz CT molecular complexity index is 832. The van der Waals surface area contributed by atoms with Crippen LogP contribution in [0.2, 0.25) is 0 Å². The van der Waals surface area contributed by atoms with E-state index in [0.717, 1.165) is 38.4 Å². The number of rotatable bonds is 7. The van der Waals surface area contributed by atoms with Crippen molar-refractivity contribution < 1.29 is 9.59 Å². The van der Waals surface area contributed by atoms with Crippen LogP contribution in [0.3, 0.4) is 0 Å². The minimum absolute atomic E-state index is 0.00441. The van der Waals surface area contributed by atoms with Crippen LogP contribution in [-0.4, -0.2) is 61.0 Å². The molecule has 2 heterocycles. The summed E-state index contributed by atoms with van der Waals surface area (Å²) >= 11 is 0. The predicted molar refractivity (Wildman–Crippen MR) is 120 cm³/mol. The van der Waals surface area contributed by atoms with E-state index < -0.39 is 6.04 Å². The molecule has 1 aliphatic heterocycles. The molecule has 0 spiro atoms. The average molecular weight is 410 g/mol. The minimum atomic E-state index is -0.625. The van der Waals surface area contributed by atoms with Crippen LogP contribution in [0.1, 0.15) is 30.6 Å². The average Bonchev–Trinajstić information content (AvgIpc) is 2.78. The molecule has 1 saturated heterocycles. The molecule has 2 N–H and O–H groups in total. The number of carbonyl (C=O) groups is 2. The fourth-order valence-electron chi connectivity index (χ4n) is 3.42. The Hall–Kier alpha value is -2.93. The molecule has 1 aromatic heterocycles. The molecular formula is C23H31N5O2. The zero-order valence-corrected chi connectivity index (χ0v) is 18.0. The molecule has 1 aliphatic rings. The van der Waals surface area contributed by atoms with Crippen LogP contribution in [0.15, 0.2) is 48.7 Å². The molecule has 0 bridgehead atoms. The highest BCUT2D eigenvalue weighted by atomic mass is 16.2. The summed E-state index contributed by atoms with van der Waals surface area (Å²) in [5, 5.41) is 5.80. The van der Waals surface area contributed by atoms with Gasteiger partial charge in [-0.3, -0.25) is 9.59 Å². The standard InChI is InChI=1S/C23H31N5O2/c1-4-17(2)21(26-22(29)18-8-6-5-7-9-18)23(30)25-19-10-11-20(24-16-19)28-14-12-27(3)13-15-28/h5-11,16-17,21H,4,12-15H2,1-3H3,(H,25,30)(H,26,29)/t17-,21+/m1/s1. The molecular weight excluding hydrogens is 378 g/mol. The Kier molecular flexibility index (Phi) is 7.41. The van der Waals surface area contributed by atoms with Gasteiger partial charge in [-0.1, -0.05) is 38.5 Å². The number of pyridine rings is 1. The molecule has 1 fully saturated rings. The number of carbonyl (C=O) groups excluding carboxylic acids is 2. The lowest BCUT2D eigenvalue weighted by Gasteiger charge is -2.33. The lowest BCUT2D eigenvalue weighted by molar-refractivity contribution is -0.119. The van der Waals surface area contributed by atoms with Gasteiger partial charge in [0.05, 0.1) is 11.9 Å². The highest BCUT2D eigenvalue weighted by molar-refractivity contribution is 6.01. The third-order valence-corrected chi connectivity index (χ3v) is 5.66. The molecule has 1 aromatic carbocycles. The summed E-state index contributed by atoms with van der Waals surface area (Å²) in [5.74, 6) is 0.426. The molecule has 0 radical (unpaired) electrons. The zero-order chi connectivity index (χ0) is 21.5. The van der Waals surface area contributed by atoms with E-state index in [9.17, 15) is 9.59 Å². The van der Waals surface area contributed by atoms with Crippen molar-refractivity contribution in [1.82, 2.24) is 15.2 Å². The number of nitrogens with one attached hydrogen (secondary N) is 2. The van der Waals surface area contributed by atoms with E-state index >= 15 is 0 Å². The van der Waals surface area contributed by atoms with E-state index in [2.05, 4.69) is 32.5 Å². The summed E-state index contributed by atoms with van der Waals surface area (Å²) in [5.41, 5.74) is 1.16. The smallest absolute Gasteiger partial charge is 0.251 e. The first-order valence-corrected chi connectivity index (χ1v) is 10.5. The Labute approximate surface area is 178 Å². The number of likely N-dealkylation sites (N-methyl/N-ethyl adjacent to an activating group) is 1. The van der Waals surface area contributed by atoms with E-state index in [4.69, 9.17) is 0 Å². The Morgan fingerprint density at radius 3 is 2.37 bits per heavy atom. The first-order valence-electron chi connectivity index (χ1n) is 10.5. The van der Waals surface area contributed by atoms with Gasteiger partial charge in [-0.2, -0.15) is 0 Å². The van der Waals surface area contributed by atoms with Crippen LogP contribution in [-0.2, 0) is 4.79 Å². The van der Waals surface area contributed by atoms with Crippen molar-refractivity contribution >= 4 is 23.3 Å². The molecule has 0 unspecified atom stereocenters. The maximum atomic E-state index is 12.9. The van der Waals surface area contributed by atoms with E-state index in [-0.39, 0.29) is 17.7 Å². The van der Waals surface area contributed by atoms with Crippen LogP contribution in [0, 0.1) is 5.92 Å². The highest BCUT2D eigenvalue weighted by Crippen LogP contribution is 2.17. The van der Waals surface area contributed by atoms with Crippen molar-refractivity contribution in [3.8, 4) is 0 Å². The first-order chi connectivity index (χ1) is 14.5. The Morgan fingerprint density at radius 1 is 1.07 bits per heavy atom. The quantitative estimate of drug-likeness (QED) is 0.735. The zero-order valence-electron chi connectivity index (χ0n) is 18.0. The number of benzene rings is 1. The molecule has 3 rings (SSSR count). The summed E-state index contributed by atoms with van der Waals surface area (Å²) in [6, 6.07) is 12.1. The predicted octanol–water partition coefficient (Wildman–Crippen LogP) is 2.62. The second kappa shape index (κ2) is 10.2. The van der Waals surface area contributed by atoms with Crippen LogP contribution >= 0.6 is 0 Å². The molecule has 2 aromatic rings. The van der Waals surface area contributed by atoms with Crippen molar-refractivity contribution in [2.45, 2.75) is 26.3 Å². The van der Waals surface area contributed by atoms with Gasteiger partial charge >= 0.3 is 0 Å². The van der Waals surface area contributed by atoms with Crippen molar-refractivity contribution in [3.05, 3.63) is 54.2 Å². The molecule has 7 nitrogen and oxygen atoms in total. The van der Waals surface area contributed by atoms with Gasteiger partial charge in [0.2, 0.25) is 5.91 Å². The topological polar surface area (TPSA) is 77.6 Å². The third kappa shape index (κ3) is 5.57. The van der Waals surface area contributed by atoms with Gasteiger partial charge in [0.25, 0.3) is 5.91 Å². The lowest BCUT2D eigenvalue weighted by Crippen LogP contribution is -2.47. The normalized spacial score (nSPS) is 16.6. The van der Waals surface area contributed by atoms with E-state index in [1.165, 1.54) is 0 Å². The molecule has 2 atom stereocenters. The van der Waals surface area contributed by atoms with Crippen LogP contribution < -0.4 is 15.5 Å². The summed E-state index contributed by atoms with van der Waals surface area (Å²) in [4.78, 5) is 34.6. The van der Waals surface area contributed by atoms with E-state index in [1.807, 2.05) is 32.0 Å². The molecule has 7 heteroatoms. The summed E-state index contributed by atoms with van der Waals surface area (Å²) in [7, 11) is 2.12. The van der Waals surface area contributed by atoms with Crippen LogP contribution in [0.4, 0.5) is 11.5 Å². The monoisotopic (exact) mass is 409 g/mol. The number of anilines is 2. The minimum Gasteiger partial charge on any atom is -0.354 e. The van der Waals surface area contributed by atoms with Gasteiger partial charge < -0.3 is 20.4 Å². The molecule has 0 aliphatic carbocycles. The SMILES string of the molecule is CC[C@@H](C)[C@H](NC(=O)c1ccccc1)C(=O)Nc1ccc(N2CCN(C)CC2)nc1. The van der Waals surface area contributed by atoms with E-state index in [0.29, 0.717) is 11.3 Å². The fourth-order valence-corrected chi connectivity index (χ4v) is 3.42. The largest absolute Gasteiger partial charge is 0.354 e. The van der Waals surface area contributed by atoms with Crippen molar-refractivity contribution in [2.24, 2.45) is 5.92 Å². The summed E-state index contributed by atoms with van der Waals surface area (Å²) < 4.78 is 0. The third-order valence-electron chi connectivity index (χ3n) is 5.66. The second-order valence-electron chi connectivity index (χ2n) is 7.89. The molecule has 160 valence electrons. The van der Waals surface area contributed by atoms with Gasteiger partial charge in [0, 0.05) is 31.7 Å². The van der Waals surface area contributed by atoms with Gasteiger partial charge in [0.1, 0.15) is 11.9 Å². The van der Waals surface area contributed by atoms with Crippen molar-refractivity contribution in [2.75, 3.05) is 43.4 Å². The first kappa shape index (κ1) is 21.8. The molecule has 2 amide bonds. The highest BCUT2D eigenvalue weighted by Gasteiger charge is 2.26. The van der Waals surface area contributed by atoms with Gasteiger partial charge in [-0.05, 0) is 37.2 Å². The van der Waals surface area contributed by atoms with Gasteiger partial charge in [0.15, 0.2) is 0 Å². The number of aromatic nitrogens is 1. The number of hydrogen-bond acceptors (Lipinski definition) is 5. The summed E-state index contributed by atoms with van der Waals surface area (Å²) in [6.07, 6.45) is 2.45. The fraction of sp³-hybridized carbons (Fsp3) is 0.435. The molecule has 30 heavy (non-hydrogen) atoms. The Balaban J connectivity index is 1.64. The lowest BCUT2D eigenvalue weighted by atomic mass is 9.97. The van der Waals surface area contributed by atoms with Crippen molar-refractivity contribution in [1.29, 1.82) is 0 Å². The number of amides is 2. The van der Waals surface area contributed by atoms with Crippen LogP contribution in [0.25, 0.3) is 0 Å². The molecule has 0 saturated carbocycles. The number of piperazine rings is 1. The number of hydrogen-bond donors (Lipinski definition) is 2. The van der Waals surface area contributed by atoms with Gasteiger partial charge in [-0.15, -0.1) is 0 Å². The van der Waals surface area contributed by atoms with Crippen molar-refractivity contribution in [3.63, 3.8) is 0 Å². The maximum absolute atomic E-state index is 12.9. The Morgan fingerprint density at radius 2 is 1.77 bits per heavy atom. The van der Waals surface area contributed by atoms with Crippen LogP contribution in [0.5, 0.6) is 0 Å². The van der Waals surface area contributed by atoms with E-state index in [1.54, 1.807) is 30.5 Å².